The SMILES string of the molecule is O=C(NNC(=O)C1CNNC1c1ccccc1)c1ccccc1Cl. The maximum absolute atomic E-state index is 12.4. The molecule has 1 aliphatic rings. The van der Waals surface area contributed by atoms with Crippen LogP contribution in [-0.4, -0.2) is 18.4 Å². The number of benzene rings is 2. The average molecular weight is 345 g/mol. The second kappa shape index (κ2) is 7.44. The predicted octanol–water partition coefficient (Wildman–Crippen LogP) is 1.57. The molecule has 4 N–H and O–H groups in total. The van der Waals surface area contributed by atoms with Crippen LogP contribution in [0.1, 0.15) is 22.0 Å². The zero-order valence-electron chi connectivity index (χ0n) is 12.8. The van der Waals surface area contributed by atoms with Crippen molar-refractivity contribution in [3.8, 4) is 0 Å². The molecular formula is C17H17ClN4O2. The summed E-state index contributed by atoms with van der Waals surface area (Å²) >= 11 is 5.97. The molecule has 1 saturated heterocycles. The van der Waals surface area contributed by atoms with Crippen LogP contribution in [0.5, 0.6) is 0 Å². The number of halogens is 1. The lowest BCUT2D eigenvalue weighted by Gasteiger charge is -2.18. The molecule has 0 saturated carbocycles. The lowest BCUT2D eigenvalue weighted by Crippen LogP contribution is -2.46. The van der Waals surface area contributed by atoms with Crippen molar-refractivity contribution >= 4 is 23.4 Å². The Morgan fingerprint density at radius 1 is 1.00 bits per heavy atom. The fourth-order valence-corrected chi connectivity index (χ4v) is 2.86. The van der Waals surface area contributed by atoms with Gasteiger partial charge in [-0.1, -0.05) is 54.1 Å². The number of amides is 2. The van der Waals surface area contributed by atoms with Crippen LogP contribution in [0.25, 0.3) is 0 Å². The van der Waals surface area contributed by atoms with Gasteiger partial charge in [0.05, 0.1) is 22.5 Å². The summed E-state index contributed by atoms with van der Waals surface area (Å²) in [4.78, 5) is 24.5. The minimum absolute atomic E-state index is 0.164. The zero-order valence-corrected chi connectivity index (χ0v) is 13.5. The molecule has 0 bridgehead atoms. The number of rotatable bonds is 3. The van der Waals surface area contributed by atoms with Crippen LogP contribution >= 0.6 is 11.6 Å². The van der Waals surface area contributed by atoms with Gasteiger partial charge in [0.1, 0.15) is 0 Å². The van der Waals surface area contributed by atoms with Crippen LogP contribution in [0, 0.1) is 5.92 Å². The fourth-order valence-electron chi connectivity index (χ4n) is 2.64. The largest absolute Gasteiger partial charge is 0.273 e. The van der Waals surface area contributed by atoms with Gasteiger partial charge < -0.3 is 0 Å². The van der Waals surface area contributed by atoms with E-state index in [-0.39, 0.29) is 17.9 Å². The van der Waals surface area contributed by atoms with E-state index in [0.717, 1.165) is 5.56 Å². The van der Waals surface area contributed by atoms with Crippen molar-refractivity contribution in [2.24, 2.45) is 5.92 Å². The van der Waals surface area contributed by atoms with Gasteiger partial charge in [0.2, 0.25) is 5.91 Å². The second-order valence-electron chi connectivity index (χ2n) is 5.44. The highest BCUT2D eigenvalue weighted by molar-refractivity contribution is 6.33. The summed E-state index contributed by atoms with van der Waals surface area (Å²) in [5, 5.41) is 0.329. The Kier molecular flexibility index (Phi) is 5.10. The van der Waals surface area contributed by atoms with Gasteiger partial charge >= 0.3 is 0 Å². The summed E-state index contributed by atoms with van der Waals surface area (Å²) in [5.41, 5.74) is 12.3. The third-order valence-corrected chi connectivity index (χ3v) is 4.22. The van der Waals surface area contributed by atoms with Crippen molar-refractivity contribution in [2.75, 3.05) is 6.54 Å². The summed E-state index contributed by atoms with van der Waals surface area (Å²) in [6.07, 6.45) is 0. The van der Waals surface area contributed by atoms with E-state index in [1.54, 1.807) is 24.3 Å². The molecule has 3 rings (SSSR count). The van der Waals surface area contributed by atoms with Crippen LogP contribution in [0.15, 0.2) is 54.6 Å². The Labute approximate surface area is 144 Å². The number of hydrogen-bond donors (Lipinski definition) is 4. The highest BCUT2D eigenvalue weighted by Gasteiger charge is 2.34. The van der Waals surface area contributed by atoms with Crippen molar-refractivity contribution < 1.29 is 9.59 Å². The van der Waals surface area contributed by atoms with Crippen LogP contribution in [0.2, 0.25) is 5.02 Å². The van der Waals surface area contributed by atoms with E-state index >= 15 is 0 Å². The number of carbonyl (C=O) groups is 2. The van der Waals surface area contributed by atoms with E-state index in [1.807, 2.05) is 30.3 Å². The zero-order chi connectivity index (χ0) is 16.9. The first-order chi connectivity index (χ1) is 11.7. The molecule has 2 atom stereocenters. The van der Waals surface area contributed by atoms with E-state index in [1.165, 1.54) is 0 Å². The van der Waals surface area contributed by atoms with Crippen molar-refractivity contribution in [1.82, 2.24) is 21.7 Å². The maximum Gasteiger partial charge on any atom is 0.271 e. The smallest absolute Gasteiger partial charge is 0.271 e. The van der Waals surface area contributed by atoms with Crippen LogP contribution in [0.4, 0.5) is 0 Å². The molecule has 0 aliphatic carbocycles. The first-order valence-corrected chi connectivity index (χ1v) is 7.92. The molecule has 1 fully saturated rings. The van der Waals surface area contributed by atoms with Crippen molar-refractivity contribution in [2.45, 2.75) is 6.04 Å². The molecule has 1 aliphatic heterocycles. The molecule has 7 heteroatoms. The molecule has 2 amide bonds. The van der Waals surface area contributed by atoms with Gasteiger partial charge in [-0.2, -0.15) is 0 Å². The molecule has 24 heavy (non-hydrogen) atoms. The van der Waals surface area contributed by atoms with Gasteiger partial charge in [0, 0.05) is 6.54 Å². The highest BCUT2D eigenvalue weighted by Crippen LogP contribution is 2.24. The van der Waals surface area contributed by atoms with E-state index in [2.05, 4.69) is 21.7 Å². The molecule has 6 nitrogen and oxygen atoms in total. The summed E-state index contributed by atoms with van der Waals surface area (Å²) in [7, 11) is 0. The van der Waals surface area contributed by atoms with E-state index in [9.17, 15) is 9.59 Å². The number of carbonyl (C=O) groups excluding carboxylic acids is 2. The van der Waals surface area contributed by atoms with Gasteiger partial charge in [-0.15, -0.1) is 0 Å². The van der Waals surface area contributed by atoms with Crippen LogP contribution < -0.4 is 21.7 Å². The molecule has 0 radical (unpaired) electrons. The first kappa shape index (κ1) is 16.4. The quantitative estimate of drug-likeness (QED) is 0.637. The van der Waals surface area contributed by atoms with Crippen molar-refractivity contribution in [3.63, 3.8) is 0 Å². The maximum atomic E-state index is 12.4. The highest BCUT2D eigenvalue weighted by atomic mass is 35.5. The van der Waals surface area contributed by atoms with Crippen LogP contribution in [0.3, 0.4) is 0 Å². The number of hydrazine groups is 2. The monoisotopic (exact) mass is 344 g/mol. The van der Waals surface area contributed by atoms with Gasteiger partial charge in [-0.05, 0) is 17.7 Å². The average Bonchev–Trinajstić information content (AvgIpc) is 3.10. The Morgan fingerprint density at radius 2 is 1.71 bits per heavy atom. The lowest BCUT2D eigenvalue weighted by atomic mass is 9.94. The summed E-state index contributed by atoms with van der Waals surface area (Å²) in [5.74, 6) is -1.08. The lowest BCUT2D eigenvalue weighted by molar-refractivity contribution is -0.125. The Balaban J connectivity index is 1.62. The van der Waals surface area contributed by atoms with E-state index in [4.69, 9.17) is 11.6 Å². The Morgan fingerprint density at radius 3 is 2.46 bits per heavy atom. The number of hydrogen-bond acceptors (Lipinski definition) is 4. The fraction of sp³-hybridized carbons (Fsp3) is 0.176. The van der Waals surface area contributed by atoms with Crippen LogP contribution in [-0.2, 0) is 4.79 Å². The minimum atomic E-state index is -0.455. The number of nitrogens with one attached hydrogen (secondary N) is 4. The van der Waals surface area contributed by atoms with Gasteiger partial charge in [0.15, 0.2) is 0 Å². The van der Waals surface area contributed by atoms with Crippen molar-refractivity contribution in [1.29, 1.82) is 0 Å². The normalized spacial score (nSPS) is 19.7. The topological polar surface area (TPSA) is 82.3 Å². The van der Waals surface area contributed by atoms with Gasteiger partial charge in [0.25, 0.3) is 5.91 Å². The summed E-state index contributed by atoms with van der Waals surface area (Å²) in [6.45, 7) is 0.466. The molecule has 2 aromatic rings. The molecule has 2 aromatic carbocycles. The third-order valence-electron chi connectivity index (χ3n) is 3.90. The summed E-state index contributed by atoms with van der Waals surface area (Å²) in [6, 6.07) is 16.2. The minimum Gasteiger partial charge on any atom is -0.273 e. The Bertz CT molecular complexity index is 738. The van der Waals surface area contributed by atoms with Gasteiger partial charge in [-0.25, -0.2) is 5.43 Å². The first-order valence-electron chi connectivity index (χ1n) is 7.55. The van der Waals surface area contributed by atoms with Crippen molar-refractivity contribution in [3.05, 3.63) is 70.7 Å². The van der Waals surface area contributed by atoms with E-state index < -0.39 is 5.91 Å². The standard InChI is InChI=1S/C17H17ClN4O2/c18-14-9-5-4-8-12(14)16(23)21-22-17(24)13-10-19-20-15(13)11-6-2-1-3-7-11/h1-9,13,15,19-20H,10H2,(H,21,23)(H,22,24). The van der Waals surface area contributed by atoms with Gasteiger partial charge in [-0.3, -0.25) is 25.9 Å². The van der Waals surface area contributed by atoms with E-state index in [0.29, 0.717) is 17.1 Å². The molecule has 124 valence electrons. The molecule has 0 aromatic heterocycles. The second-order valence-corrected chi connectivity index (χ2v) is 5.85. The summed E-state index contributed by atoms with van der Waals surface area (Å²) < 4.78 is 0. The Hall–Kier alpha value is -2.41. The molecular weight excluding hydrogens is 328 g/mol. The predicted molar refractivity (Wildman–Crippen MR) is 90.9 cm³/mol. The molecule has 0 spiro atoms. The third kappa shape index (κ3) is 3.56. The molecule has 1 heterocycles. The molecule has 2 unspecified atom stereocenters.